The topological polar surface area (TPSA) is 46.2 Å². The van der Waals surface area contributed by atoms with Gasteiger partial charge in [-0.25, -0.2) is 8.78 Å². The summed E-state index contributed by atoms with van der Waals surface area (Å²) < 4.78 is 38.7. The predicted octanol–water partition coefficient (Wildman–Crippen LogP) is 2.55. The Balaban J connectivity index is 2.39. The van der Waals surface area contributed by atoms with Crippen molar-refractivity contribution in [3.63, 3.8) is 0 Å². The zero-order chi connectivity index (χ0) is 16.1. The van der Waals surface area contributed by atoms with Gasteiger partial charge in [-0.1, -0.05) is 24.3 Å². The minimum atomic E-state index is -1.56. The van der Waals surface area contributed by atoms with Crippen molar-refractivity contribution < 1.29 is 17.8 Å². The van der Waals surface area contributed by atoms with Gasteiger partial charge < -0.3 is 5.32 Å². The van der Waals surface area contributed by atoms with Crippen LogP contribution in [-0.4, -0.2) is 22.9 Å². The first-order chi connectivity index (χ1) is 10.5. The van der Waals surface area contributed by atoms with E-state index in [-0.39, 0.29) is 11.7 Å². The Labute approximate surface area is 129 Å². The average Bonchev–Trinajstić information content (AvgIpc) is 2.51. The van der Waals surface area contributed by atoms with Crippen molar-refractivity contribution >= 4 is 16.7 Å². The van der Waals surface area contributed by atoms with E-state index in [0.29, 0.717) is 11.1 Å². The molecule has 22 heavy (non-hydrogen) atoms. The van der Waals surface area contributed by atoms with E-state index in [2.05, 4.69) is 5.32 Å². The second kappa shape index (κ2) is 7.26. The van der Waals surface area contributed by atoms with Crippen molar-refractivity contribution in [3.8, 4) is 0 Å². The van der Waals surface area contributed by atoms with E-state index in [1.54, 1.807) is 0 Å². The van der Waals surface area contributed by atoms with Gasteiger partial charge in [-0.05, 0) is 35.4 Å². The van der Waals surface area contributed by atoms with Crippen molar-refractivity contribution in [1.82, 2.24) is 5.32 Å². The number of rotatable bonds is 5. The summed E-state index contributed by atoms with van der Waals surface area (Å²) in [4.78, 5) is 11.5. The van der Waals surface area contributed by atoms with Gasteiger partial charge in [0.15, 0.2) is 0 Å². The molecule has 6 heteroatoms. The quantitative estimate of drug-likeness (QED) is 0.919. The summed E-state index contributed by atoms with van der Waals surface area (Å²) in [6.45, 7) is 0. The molecule has 116 valence electrons. The van der Waals surface area contributed by atoms with Crippen LogP contribution >= 0.6 is 0 Å². The van der Waals surface area contributed by atoms with Crippen LogP contribution in [0.3, 0.4) is 0 Å². The maximum absolute atomic E-state index is 13.1. The first-order valence-corrected chi connectivity index (χ1v) is 7.98. The maximum atomic E-state index is 13.1. The molecule has 0 unspecified atom stereocenters. The first-order valence-electron chi connectivity index (χ1n) is 6.60. The summed E-state index contributed by atoms with van der Waals surface area (Å²) >= 11 is 0. The van der Waals surface area contributed by atoms with Gasteiger partial charge in [0.1, 0.15) is 17.4 Å². The van der Waals surface area contributed by atoms with Crippen molar-refractivity contribution in [1.29, 1.82) is 0 Å². The largest absolute Gasteiger partial charge is 0.358 e. The fourth-order valence-electron chi connectivity index (χ4n) is 2.06. The molecule has 2 rings (SSSR count). The van der Waals surface area contributed by atoms with Crippen LogP contribution in [0.2, 0.25) is 0 Å². The van der Waals surface area contributed by atoms with Gasteiger partial charge in [-0.2, -0.15) is 0 Å². The molecule has 2 aromatic carbocycles. The van der Waals surface area contributed by atoms with E-state index in [9.17, 15) is 17.8 Å². The zero-order valence-electron chi connectivity index (χ0n) is 11.9. The second-order valence-electron chi connectivity index (χ2n) is 4.68. The molecular formula is C16H15F2NO2S. The molecule has 3 nitrogen and oxygen atoms in total. The van der Waals surface area contributed by atoms with Crippen LogP contribution in [-0.2, 0) is 15.6 Å². The summed E-state index contributed by atoms with van der Waals surface area (Å²) in [7, 11) is -0.0973. The smallest absolute Gasteiger partial charge is 0.232 e. The molecule has 0 saturated heterocycles. The maximum Gasteiger partial charge on any atom is 0.232 e. The molecule has 1 amide bonds. The normalized spacial score (nSPS) is 12.2. The standard InChI is InChI=1S/C16H15F2NO2S/c1-19-15(20)10-22(21)16(11-2-6-13(17)7-3-11)12-4-8-14(18)9-5-12/h2-9,16H,10H2,1H3,(H,19,20)/t22-/m1/s1. The highest BCUT2D eigenvalue weighted by molar-refractivity contribution is 7.86. The highest BCUT2D eigenvalue weighted by Crippen LogP contribution is 2.28. The number of hydrogen-bond donors (Lipinski definition) is 1. The number of amides is 1. The zero-order valence-corrected chi connectivity index (χ0v) is 12.7. The van der Waals surface area contributed by atoms with E-state index >= 15 is 0 Å². The second-order valence-corrected chi connectivity index (χ2v) is 6.20. The molecule has 0 aliphatic rings. The molecule has 0 fully saturated rings. The van der Waals surface area contributed by atoms with Crippen LogP contribution in [0, 0.1) is 11.6 Å². The van der Waals surface area contributed by atoms with Crippen LogP contribution < -0.4 is 5.32 Å². The Morgan fingerprint density at radius 2 is 1.41 bits per heavy atom. The molecule has 0 aliphatic heterocycles. The summed E-state index contributed by atoms with van der Waals surface area (Å²) in [5, 5.41) is 1.79. The lowest BCUT2D eigenvalue weighted by atomic mass is 10.0. The fraction of sp³-hybridized carbons (Fsp3) is 0.188. The van der Waals surface area contributed by atoms with Crippen LogP contribution in [0.5, 0.6) is 0 Å². The Hall–Kier alpha value is -2.08. The molecule has 0 spiro atoms. The number of benzene rings is 2. The molecular weight excluding hydrogens is 308 g/mol. The Morgan fingerprint density at radius 3 is 1.77 bits per heavy atom. The van der Waals surface area contributed by atoms with Crippen molar-refractivity contribution in [3.05, 3.63) is 71.3 Å². The van der Waals surface area contributed by atoms with Crippen LogP contribution in [0.25, 0.3) is 0 Å². The van der Waals surface area contributed by atoms with Crippen LogP contribution in [0.15, 0.2) is 48.5 Å². The van der Waals surface area contributed by atoms with E-state index in [1.807, 2.05) is 0 Å². The molecule has 1 N–H and O–H groups in total. The van der Waals surface area contributed by atoms with Gasteiger partial charge in [0.05, 0.1) is 5.25 Å². The Morgan fingerprint density at radius 1 is 1.00 bits per heavy atom. The van der Waals surface area contributed by atoms with Crippen LogP contribution in [0.4, 0.5) is 8.78 Å². The minimum absolute atomic E-state index is 0.185. The molecule has 0 bridgehead atoms. The predicted molar refractivity (Wildman–Crippen MR) is 81.7 cm³/mol. The Bertz CT molecular complexity index is 626. The lowest BCUT2D eigenvalue weighted by molar-refractivity contribution is -0.118. The number of hydrogen-bond acceptors (Lipinski definition) is 2. The van der Waals surface area contributed by atoms with Crippen molar-refractivity contribution in [2.45, 2.75) is 5.25 Å². The van der Waals surface area contributed by atoms with Gasteiger partial charge >= 0.3 is 0 Å². The number of carbonyl (C=O) groups is 1. The SMILES string of the molecule is CNC(=O)C[S@@](=O)C(c1ccc(F)cc1)c1ccc(F)cc1. The molecule has 0 heterocycles. The molecule has 0 aromatic heterocycles. The number of carbonyl (C=O) groups excluding carboxylic acids is 1. The molecule has 0 saturated carbocycles. The third-order valence-electron chi connectivity index (χ3n) is 3.16. The van der Waals surface area contributed by atoms with Gasteiger partial charge in [0, 0.05) is 17.8 Å². The van der Waals surface area contributed by atoms with Gasteiger partial charge in [-0.3, -0.25) is 9.00 Å². The van der Waals surface area contributed by atoms with Crippen LogP contribution in [0.1, 0.15) is 16.4 Å². The monoisotopic (exact) mass is 323 g/mol. The Kier molecular flexibility index (Phi) is 5.38. The van der Waals surface area contributed by atoms with E-state index in [1.165, 1.54) is 55.6 Å². The van der Waals surface area contributed by atoms with E-state index in [4.69, 9.17) is 0 Å². The van der Waals surface area contributed by atoms with E-state index < -0.39 is 27.7 Å². The number of nitrogens with one attached hydrogen (secondary N) is 1. The van der Waals surface area contributed by atoms with Gasteiger partial charge in [-0.15, -0.1) is 0 Å². The van der Waals surface area contributed by atoms with Crippen molar-refractivity contribution in [2.75, 3.05) is 12.8 Å². The molecule has 2 aromatic rings. The molecule has 0 radical (unpaired) electrons. The fourth-order valence-corrected chi connectivity index (χ4v) is 3.55. The van der Waals surface area contributed by atoms with Crippen molar-refractivity contribution in [2.24, 2.45) is 0 Å². The third-order valence-corrected chi connectivity index (χ3v) is 4.78. The summed E-state index contributed by atoms with van der Waals surface area (Å²) in [5.74, 6) is -1.35. The van der Waals surface area contributed by atoms with E-state index in [0.717, 1.165) is 0 Å². The summed E-state index contributed by atoms with van der Waals surface area (Å²) in [6.07, 6.45) is 0. The van der Waals surface area contributed by atoms with Gasteiger partial charge in [0.25, 0.3) is 0 Å². The lowest BCUT2D eigenvalue weighted by Crippen LogP contribution is -2.26. The van der Waals surface area contributed by atoms with Gasteiger partial charge in [0.2, 0.25) is 5.91 Å². The average molecular weight is 323 g/mol. The third kappa shape index (κ3) is 3.98. The highest BCUT2D eigenvalue weighted by atomic mass is 32.2. The number of halogens is 2. The summed E-state index contributed by atoms with van der Waals surface area (Å²) in [5.41, 5.74) is 1.21. The first kappa shape index (κ1) is 16.3. The molecule has 0 aliphatic carbocycles. The summed E-state index contributed by atoms with van der Waals surface area (Å²) in [6, 6.07) is 11.1. The molecule has 1 atom stereocenters. The minimum Gasteiger partial charge on any atom is -0.358 e. The lowest BCUT2D eigenvalue weighted by Gasteiger charge is -2.17. The highest BCUT2D eigenvalue weighted by Gasteiger charge is 2.23.